The van der Waals surface area contributed by atoms with Crippen LogP contribution in [0.2, 0.25) is 10.0 Å². The topological polar surface area (TPSA) is 123 Å². The fourth-order valence-electron chi connectivity index (χ4n) is 5.03. The van der Waals surface area contributed by atoms with E-state index in [1.54, 1.807) is 0 Å². The molecule has 0 aliphatic rings. The Morgan fingerprint density at radius 1 is 0.500 bits per heavy atom. The molecule has 4 rings (SSSR count). The Balaban J connectivity index is 1.64. The van der Waals surface area contributed by atoms with Crippen molar-refractivity contribution in [1.29, 1.82) is 0 Å². The van der Waals surface area contributed by atoms with Gasteiger partial charge in [0.05, 0.1) is 47.6 Å². The first kappa shape index (κ1) is 46.1. The summed E-state index contributed by atoms with van der Waals surface area (Å²) in [5.74, 6) is -3.99. The van der Waals surface area contributed by atoms with E-state index in [-0.39, 0.29) is 33.3 Å². The van der Waals surface area contributed by atoms with Crippen molar-refractivity contribution in [2.45, 2.75) is 62.6 Å². The molecule has 0 heterocycles. The van der Waals surface area contributed by atoms with Gasteiger partial charge in [-0.05, 0) is 82.9 Å². The molecule has 8 nitrogen and oxygen atoms in total. The highest BCUT2D eigenvalue weighted by Gasteiger charge is 2.39. The van der Waals surface area contributed by atoms with Crippen molar-refractivity contribution >= 4 is 35.1 Å². The average Bonchev–Trinajstić information content (AvgIpc) is 3.12. The summed E-state index contributed by atoms with van der Waals surface area (Å²) in [7, 11) is 0. The number of ether oxygens (including phenoxy) is 4. The SMILES string of the molecule is NC(c1cccc(Cl)c1)C(OCc1cc(C(F)(F)F)cc(C(F)(F)F)c1)OC(=O)C(=O)OC(OCc1cc(C(F)(F)F)cc(C(F)(F)F)c1)C(N)c1cccc(Cl)c1. The van der Waals surface area contributed by atoms with Gasteiger partial charge in [-0.1, -0.05) is 47.5 Å². The van der Waals surface area contributed by atoms with E-state index in [2.05, 4.69) is 0 Å². The van der Waals surface area contributed by atoms with E-state index in [4.69, 9.17) is 53.6 Å². The van der Waals surface area contributed by atoms with Crippen molar-refractivity contribution in [2.75, 3.05) is 0 Å². The first-order chi connectivity index (χ1) is 26.7. The third-order valence-electron chi connectivity index (χ3n) is 7.79. The molecule has 0 aliphatic carbocycles. The van der Waals surface area contributed by atoms with Gasteiger partial charge in [-0.15, -0.1) is 0 Å². The number of halogens is 14. The Hall–Kier alpha value is -4.60. The second-order valence-electron chi connectivity index (χ2n) is 12.2. The van der Waals surface area contributed by atoms with Gasteiger partial charge in [-0.3, -0.25) is 0 Å². The molecule has 0 bridgehead atoms. The summed E-state index contributed by atoms with van der Waals surface area (Å²) in [4.78, 5) is 26.3. The molecule has 0 aromatic heterocycles. The van der Waals surface area contributed by atoms with Gasteiger partial charge in [0.1, 0.15) is 0 Å². The predicted octanol–water partition coefficient (Wildman–Crippen LogP) is 9.94. The number of hydrogen-bond donors (Lipinski definition) is 2. The first-order valence-electron chi connectivity index (χ1n) is 16.0. The van der Waals surface area contributed by atoms with Gasteiger partial charge in [0, 0.05) is 10.0 Å². The molecule has 58 heavy (non-hydrogen) atoms. The van der Waals surface area contributed by atoms with E-state index in [0.717, 1.165) is 0 Å². The standard InChI is InChI=1S/C36H26Cl2F12N2O6/c37-25-5-1-3-19(11-25)27(51)31(55-15-17-7-21(33(39,40)41)13-22(8-17)34(42,43)44)57-29(53)30(54)58-32(28(52)20-4-2-6-26(38)12-20)56-16-18-9-23(35(45,46)47)14-24(10-18)36(48,49)50/h1-14,27-28,31-32H,15-16,51-52H2. The molecule has 4 atom stereocenters. The lowest BCUT2D eigenvalue weighted by molar-refractivity contribution is -0.211. The third kappa shape index (κ3) is 12.7. The van der Waals surface area contributed by atoms with Crippen LogP contribution < -0.4 is 11.5 Å². The van der Waals surface area contributed by atoms with Gasteiger partial charge in [0.15, 0.2) is 0 Å². The van der Waals surface area contributed by atoms with Crippen LogP contribution in [-0.4, -0.2) is 24.5 Å². The van der Waals surface area contributed by atoms with Gasteiger partial charge < -0.3 is 30.4 Å². The number of carbonyl (C=O) groups is 2. The van der Waals surface area contributed by atoms with Crippen LogP contribution in [0, 0.1) is 0 Å². The Morgan fingerprint density at radius 2 is 0.793 bits per heavy atom. The van der Waals surface area contributed by atoms with Gasteiger partial charge in [-0.2, -0.15) is 52.7 Å². The number of nitrogens with two attached hydrogens (primary N) is 2. The number of esters is 2. The summed E-state index contributed by atoms with van der Waals surface area (Å²) in [5, 5.41) is 0.117. The summed E-state index contributed by atoms with van der Waals surface area (Å²) in [6.45, 7) is -2.26. The number of rotatable bonds is 12. The summed E-state index contributed by atoms with van der Waals surface area (Å²) in [5.41, 5.74) is 4.07. The van der Waals surface area contributed by atoms with Crippen LogP contribution >= 0.6 is 23.2 Å². The van der Waals surface area contributed by atoms with E-state index in [9.17, 15) is 62.3 Å². The highest BCUT2D eigenvalue weighted by molar-refractivity contribution is 6.31. The number of carbonyl (C=O) groups excluding carboxylic acids is 2. The summed E-state index contributed by atoms with van der Waals surface area (Å²) >= 11 is 12.0. The van der Waals surface area contributed by atoms with Crippen LogP contribution in [0.3, 0.4) is 0 Å². The Kier molecular flexibility index (Phi) is 14.4. The van der Waals surface area contributed by atoms with E-state index < -0.39 is 108 Å². The van der Waals surface area contributed by atoms with Gasteiger partial charge >= 0.3 is 36.6 Å². The van der Waals surface area contributed by atoms with Gasteiger partial charge in [0.2, 0.25) is 12.6 Å². The van der Waals surface area contributed by atoms with Crippen LogP contribution in [-0.2, 0) is 66.5 Å². The normalized spacial score (nSPS) is 14.7. The molecule has 0 saturated carbocycles. The largest absolute Gasteiger partial charge is 0.425 e. The first-order valence-corrected chi connectivity index (χ1v) is 16.7. The zero-order valence-electron chi connectivity index (χ0n) is 28.7. The molecule has 4 aromatic rings. The van der Waals surface area contributed by atoms with Gasteiger partial charge in [-0.25, -0.2) is 9.59 Å². The van der Waals surface area contributed by atoms with Crippen LogP contribution in [0.15, 0.2) is 84.9 Å². The van der Waals surface area contributed by atoms with E-state index in [0.29, 0.717) is 24.3 Å². The average molecular weight is 881 g/mol. The quantitative estimate of drug-likeness (QED) is 0.0624. The molecular weight excluding hydrogens is 855 g/mol. The van der Waals surface area contributed by atoms with Crippen LogP contribution in [0.25, 0.3) is 0 Å². The fourth-order valence-corrected chi connectivity index (χ4v) is 5.43. The van der Waals surface area contributed by atoms with E-state index in [1.165, 1.54) is 48.5 Å². The Bertz CT molecular complexity index is 1880. The van der Waals surface area contributed by atoms with Crippen molar-refractivity contribution in [3.8, 4) is 0 Å². The third-order valence-corrected chi connectivity index (χ3v) is 8.26. The van der Waals surface area contributed by atoms with Crippen molar-refractivity contribution in [3.63, 3.8) is 0 Å². The van der Waals surface area contributed by atoms with Crippen LogP contribution in [0.1, 0.15) is 56.6 Å². The van der Waals surface area contributed by atoms with Crippen molar-refractivity contribution in [3.05, 3.63) is 139 Å². The van der Waals surface area contributed by atoms with Gasteiger partial charge in [0.25, 0.3) is 0 Å². The molecule has 4 unspecified atom stereocenters. The smallest absolute Gasteiger partial charge is 0.419 e. The minimum atomic E-state index is -5.24. The summed E-state index contributed by atoms with van der Waals surface area (Å²) < 4.78 is 182. The molecule has 0 saturated heterocycles. The number of benzene rings is 4. The maximum absolute atomic E-state index is 13.5. The molecule has 0 aliphatic heterocycles. The lowest BCUT2D eigenvalue weighted by Crippen LogP contribution is -2.39. The number of hydrogen-bond acceptors (Lipinski definition) is 8. The number of alkyl halides is 12. The second-order valence-corrected chi connectivity index (χ2v) is 13.0. The second kappa shape index (κ2) is 18.1. The molecule has 0 radical (unpaired) electrons. The molecule has 0 amide bonds. The molecule has 22 heteroatoms. The monoisotopic (exact) mass is 880 g/mol. The highest BCUT2D eigenvalue weighted by Crippen LogP contribution is 2.38. The molecule has 0 spiro atoms. The zero-order chi connectivity index (χ0) is 43.4. The van der Waals surface area contributed by atoms with Crippen molar-refractivity contribution in [2.24, 2.45) is 11.5 Å². The Labute approximate surface area is 329 Å². The maximum Gasteiger partial charge on any atom is 0.419 e. The van der Waals surface area contributed by atoms with Crippen molar-refractivity contribution < 1.29 is 81.2 Å². The molecule has 4 aromatic carbocycles. The lowest BCUT2D eigenvalue weighted by Gasteiger charge is -2.27. The van der Waals surface area contributed by atoms with Crippen molar-refractivity contribution in [1.82, 2.24) is 0 Å². The minimum Gasteiger partial charge on any atom is -0.425 e. The zero-order valence-corrected chi connectivity index (χ0v) is 30.2. The maximum atomic E-state index is 13.5. The molecule has 314 valence electrons. The minimum absolute atomic E-state index is 0.0159. The summed E-state index contributed by atoms with van der Waals surface area (Å²) in [6, 6.07) is 8.17. The molecule has 0 fully saturated rings. The molecule has 4 N–H and O–H groups in total. The van der Waals surface area contributed by atoms with Crippen LogP contribution in [0.5, 0.6) is 0 Å². The fraction of sp³-hybridized carbons (Fsp3) is 0.278. The van der Waals surface area contributed by atoms with E-state index in [1.807, 2.05) is 0 Å². The molecular formula is C36H26Cl2F12N2O6. The predicted molar refractivity (Wildman–Crippen MR) is 179 cm³/mol. The lowest BCUT2D eigenvalue weighted by atomic mass is 10.0. The van der Waals surface area contributed by atoms with Crippen LogP contribution in [0.4, 0.5) is 52.7 Å². The summed E-state index contributed by atoms with van der Waals surface area (Å²) in [6.07, 6.45) is -25.3. The van der Waals surface area contributed by atoms with E-state index >= 15 is 0 Å². The Morgan fingerprint density at radius 3 is 1.05 bits per heavy atom. The highest BCUT2D eigenvalue weighted by atomic mass is 35.5.